The standard InChI is InChI=1S/C17H27N3O4S/c1-5-24-16(21)17(12-25(22,23)18-2)14(10-11-20(3)4)13-8-6-7-9-15(13)19-17/h6-9,14,18-19H,5,10-12H2,1-4H3. The van der Waals surface area contributed by atoms with Crippen molar-refractivity contribution >= 4 is 21.7 Å². The zero-order chi connectivity index (χ0) is 18.7. The number of nitrogens with one attached hydrogen (secondary N) is 2. The van der Waals surface area contributed by atoms with Gasteiger partial charge in [0.15, 0.2) is 5.54 Å². The Morgan fingerprint density at radius 3 is 2.64 bits per heavy atom. The Morgan fingerprint density at radius 1 is 1.36 bits per heavy atom. The zero-order valence-corrected chi connectivity index (χ0v) is 16.0. The molecule has 1 aliphatic rings. The quantitative estimate of drug-likeness (QED) is 0.665. The van der Waals surface area contributed by atoms with Crippen LogP contribution in [0, 0.1) is 0 Å². The predicted octanol–water partition coefficient (Wildman–Crippen LogP) is 0.999. The Balaban J connectivity index is 2.52. The van der Waals surface area contributed by atoms with Crippen LogP contribution in [0.2, 0.25) is 0 Å². The van der Waals surface area contributed by atoms with Gasteiger partial charge in [-0.25, -0.2) is 17.9 Å². The van der Waals surface area contributed by atoms with E-state index in [0.717, 1.165) is 17.8 Å². The Labute approximate surface area is 149 Å². The number of carbonyl (C=O) groups is 1. The summed E-state index contributed by atoms with van der Waals surface area (Å²) < 4.78 is 32.3. The smallest absolute Gasteiger partial charge is 0.333 e. The molecule has 0 bridgehead atoms. The summed E-state index contributed by atoms with van der Waals surface area (Å²) in [6.45, 7) is 2.63. The highest BCUT2D eigenvalue weighted by molar-refractivity contribution is 7.89. The van der Waals surface area contributed by atoms with Gasteiger partial charge in [0, 0.05) is 11.6 Å². The summed E-state index contributed by atoms with van der Waals surface area (Å²) in [5, 5.41) is 3.18. The van der Waals surface area contributed by atoms with Crippen molar-refractivity contribution in [2.24, 2.45) is 0 Å². The van der Waals surface area contributed by atoms with E-state index in [4.69, 9.17) is 4.74 Å². The third-order valence-electron chi connectivity index (χ3n) is 4.52. The summed E-state index contributed by atoms with van der Waals surface area (Å²) in [6.07, 6.45) is 0.634. The van der Waals surface area contributed by atoms with E-state index >= 15 is 0 Å². The van der Waals surface area contributed by atoms with Gasteiger partial charge >= 0.3 is 5.97 Å². The zero-order valence-electron chi connectivity index (χ0n) is 15.2. The average Bonchev–Trinajstić information content (AvgIpc) is 2.86. The molecule has 0 radical (unpaired) electrons. The second kappa shape index (κ2) is 7.72. The molecule has 1 aromatic rings. The molecule has 140 valence electrons. The number of para-hydroxylation sites is 1. The van der Waals surface area contributed by atoms with Crippen molar-refractivity contribution in [3.05, 3.63) is 29.8 Å². The molecule has 0 amide bonds. The van der Waals surface area contributed by atoms with Crippen LogP contribution in [-0.4, -0.2) is 64.9 Å². The van der Waals surface area contributed by atoms with Crippen LogP contribution in [0.5, 0.6) is 0 Å². The third kappa shape index (κ3) is 4.13. The summed E-state index contributed by atoms with van der Waals surface area (Å²) in [6, 6.07) is 7.57. The van der Waals surface area contributed by atoms with Crippen LogP contribution in [-0.2, 0) is 19.6 Å². The highest BCUT2D eigenvalue weighted by atomic mass is 32.2. The van der Waals surface area contributed by atoms with Crippen molar-refractivity contribution in [1.29, 1.82) is 0 Å². The molecule has 0 saturated carbocycles. The molecule has 0 aliphatic carbocycles. The van der Waals surface area contributed by atoms with Crippen LogP contribution in [0.1, 0.15) is 24.8 Å². The van der Waals surface area contributed by atoms with Gasteiger partial charge in [0.1, 0.15) is 0 Å². The number of carbonyl (C=O) groups excluding carboxylic acids is 1. The van der Waals surface area contributed by atoms with Gasteiger partial charge in [0.25, 0.3) is 0 Å². The number of sulfonamides is 1. The minimum atomic E-state index is -3.64. The molecule has 0 fully saturated rings. The normalized spacial score (nSPS) is 22.5. The molecule has 0 spiro atoms. The van der Waals surface area contributed by atoms with Gasteiger partial charge < -0.3 is 15.0 Å². The number of hydrogen-bond donors (Lipinski definition) is 2. The maximum Gasteiger partial charge on any atom is 0.333 e. The molecule has 1 aromatic carbocycles. The van der Waals surface area contributed by atoms with E-state index in [0.29, 0.717) is 6.42 Å². The molecule has 0 saturated heterocycles. The number of esters is 1. The van der Waals surface area contributed by atoms with Gasteiger partial charge in [-0.1, -0.05) is 18.2 Å². The molecule has 1 aliphatic heterocycles. The molecule has 8 heteroatoms. The van der Waals surface area contributed by atoms with Crippen LogP contribution in [0.15, 0.2) is 24.3 Å². The maximum atomic E-state index is 12.9. The fourth-order valence-corrected chi connectivity index (χ4v) is 4.45. The minimum Gasteiger partial charge on any atom is -0.464 e. The molecule has 0 aromatic heterocycles. The van der Waals surface area contributed by atoms with Gasteiger partial charge in [0.2, 0.25) is 10.0 Å². The monoisotopic (exact) mass is 369 g/mol. The van der Waals surface area contributed by atoms with E-state index in [1.807, 2.05) is 43.3 Å². The van der Waals surface area contributed by atoms with Gasteiger partial charge in [-0.05, 0) is 52.7 Å². The lowest BCUT2D eigenvalue weighted by Crippen LogP contribution is -2.55. The second-order valence-electron chi connectivity index (χ2n) is 6.51. The molecule has 2 unspecified atom stereocenters. The van der Waals surface area contributed by atoms with Gasteiger partial charge in [-0.15, -0.1) is 0 Å². The first kappa shape index (κ1) is 19.7. The minimum absolute atomic E-state index is 0.193. The Hall–Kier alpha value is -1.64. The Kier molecular flexibility index (Phi) is 6.08. The molecule has 7 nitrogen and oxygen atoms in total. The van der Waals surface area contributed by atoms with Crippen LogP contribution < -0.4 is 10.0 Å². The molecule has 2 N–H and O–H groups in total. The average molecular weight is 369 g/mol. The van der Waals surface area contributed by atoms with Gasteiger partial charge in [0.05, 0.1) is 12.4 Å². The Bertz CT molecular complexity index is 720. The van der Waals surface area contributed by atoms with Crippen molar-refractivity contribution in [1.82, 2.24) is 9.62 Å². The number of benzene rings is 1. The first-order valence-corrected chi connectivity index (χ1v) is 10.0. The first-order chi connectivity index (χ1) is 11.8. The van der Waals surface area contributed by atoms with E-state index in [1.54, 1.807) is 6.92 Å². The molecule has 2 atom stereocenters. The van der Waals surface area contributed by atoms with E-state index in [2.05, 4.69) is 10.0 Å². The molecule has 1 heterocycles. The molecule has 25 heavy (non-hydrogen) atoms. The van der Waals surface area contributed by atoms with Crippen LogP contribution in [0.25, 0.3) is 0 Å². The largest absolute Gasteiger partial charge is 0.464 e. The predicted molar refractivity (Wildman–Crippen MR) is 98.2 cm³/mol. The number of fused-ring (bicyclic) bond motifs is 1. The lowest BCUT2D eigenvalue weighted by Gasteiger charge is -2.34. The summed E-state index contributed by atoms with van der Waals surface area (Å²) in [5.41, 5.74) is 0.395. The summed E-state index contributed by atoms with van der Waals surface area (Å²) >= 11 is 0. The molecular weight excluding hydrogens is 342 g/mol. The van der Waals surface area contributed by atoms with Gasteiger partial charge in [-0.2, -0.15) is 0 Å². The van der Waals surface area contributed by atoms with Crippen LogP contribution in [0.4, 0.5) is 5.69 Å². The maximum absolute atomic E-state index is 12.9. The lowest BCUT2D eigenvalue weighted by molar-refractivity contribution is -0.148. The molecule has 2 rings (SSSR count). The first-order valence-electron chi connectivity index (χ1n) is 8.36. The number of nitrogens with zero attached hydrogens (tertiary/aromatic N) is 1. The number of hydrogen-bond acceptors (Lipinski definition) is 6. The number of ether oxygens (including phenoxy) is 1. The highest BCUT2D eigenvalue weighted by Crippen LogP contribution is 2.46. The summed E-state index contributed by atoms with van der Waals surface area (Å²) in [5.74, 6) is -1.20. The number of anilines is 1. The second-order valence-corrected chi connectivity index (χ2v) is 8.44. The van der Waals surface area contributed by atoms with Crippen molar-refractivity contribution in [2.45, 2.75) is 24.8 Å². The van der Waals surface area contributed by atoms with E-state index < -0.39 is 21.5 Å². The SMILES string of the molecule is CCOC(=O)C1(CS(=O)(=O)NC)Nc2ccccc2C1CCN(C)C. The van der Waals surface area contributed by atoms with Crippen LogP contribution in [0.3, 0.4) is 0 Å². The van der Waals surface area contributed by atoms with E-state index in [1.165, 1.54) is 7.05 Å². The summed E-state index contributed by atoms with van der Waals surface area (Å²) in [4.78, 5) is 14.9. The summed E-state index contributed by atoms with van der Waals surface area (Å²) in [7, 11) is 1.61. The van der Waals surface area contributed by atoms with Crippen molar-refractivity contribution in [2.75, 3.05) is 45.4 Å². The number of rotatable bonds is 8. The van der Waals surface area contributed by atoms with Crippen molar-refractivity contribution < 1.29 is 17.9 Å². The fraction of sp³-hybridized carbons (Fsp3) is 0.588. The van der Waals surface area contributed by atoms with E-state index in [9.17, 15) is 13.2 Å². The highest BCUT2D eigenvalue weighted by Gasteiger charge is 2.54. The third-order valence-corrected chi connectivity index (χ3v) is 5.98. The van der Waals surface area contributed by atoms with Crippen LogP contribution >= 0.6 is 0 Å². The van der Waals surface area contributed by atoms with Crippen molar-refractivity contribution in [3.63, 3.8) is 0 Å². The lowest BCUT2D eigenvalue weighted by atomic mass is 9.81. The van der Waals surface area contributed by atoms with Crippen molar-refractivity contribution in [3.8, 4) is 0 Å². The Morgan fingerprint density at radius 2 is 2.04 bits per heavy atom. The van der Waals surface area contributed by atoms with Gasteiger partial charge in [-0.3, -0.25) is 0 Å². The van der Waals surface area contributed by atoms with E-state index in [-0.39, 0.29) is 18.3 Å². The molecular formula is C17H27N3O4S. The fourth-order valence-electron chi connectivity index (χ4n) is 3.32. The topological polar surface area (TPSA) is 87.7 Å².